The molecular weight excluding hydrogens is 238 g/mol. The molecule has 3 heteroatoms. The molecule has 0 aliphatic carbocycles. The Kier molecular flexibility index (Phi) is 4.18. The molecule has 0 radical (unpaired) electrons. The van der Waals surface area contributed by atoms with Crippen molar-refractivity contribution in [3.8, 4) is 0 Å². The molecule has 98 valence electrons. The van der Waals surface area contributed by atoms with E-state index < -0.39 is 5.97 Å². The van der Waals surface area contributed by atoms with Crippen LogP contribution in [-0.4, -0.2) is 17.6 Å². The van der Waals surface area contributed by atoms with Gasteiger partial charge in [0.2, 0.25) is 0 Å². The Bertz CT molecular complexity index is 552. The number of carboxylic acids is 1. The highest BCUT2D eigenvalue weighted by Crippen LogP contribution is 2.18. The zero-order valence-electron chi connectivity index (χ0n) is 10.9. The Hall–Kier alpha value is -2.29. The minimum absolute atomic E-state index is 0.323. The molecule has 0 fully saturated rings. The van der Waals surface area contributed by atoms with Crippen LogP contribution in [0.3, 0.4) is 0 Å². The largest absolute Gasteiger partial charge is 0.478 e. The van der Waals surface area contributed by atoms with E-state index in [-0.39, 0.29) is 0 Å². The number of rotatable bonds is 5. The molecule has 0 amide bonds. The van der Waals surface area contributed by atoms with Gasteiger partial charge >= 0.3 is 5.97 Å². The molecule has 0 saturated carbocycles. The molecule has 19 heavy (non-hydrogen) atoms. The summed E-state index contributed by atoms with van der Waals surface area (Å²) in [6.45, 7) is 3.68. The quantitative estimate of drug-likeness (QED) is 0.890. The third-order valence-corrected chi connectivity index (χ3v) is 3.06. The van der Waals surface area contributed by atoms with Crippen molar-refractivity contribution in [1.82, 2.24) is 0 Å². The number of carboxylic acid groups (broad SMARTS) is 1. The van der Waals surface area contributed by atoms with E-state index in [1.807, 2.05) is 24.3 Å². The van der Waals surface area contributed by atoms with E-state index in [1.165, 1.54) is 5.56 Å². The van der Waals surface area contributed by atoms with Crippen molar-refractivity contribution in [1.29, 1.82) is 0 Å². The van der Waals surface area contributed by atoms with E-state index in [2.05, 4.69) is 24.0 Å². The fraction of sp³-hybridized carbons (Fsp3) is 0.188. The minimum Gasteiger partial charge on any atom is -0.478 e. The fourth-order valence-electron chi connectivity index (χ4n) is 2.03. The highest BCUT2D eigenvalue weighted by molar-refractivity contribution is 5.88. The summed E-state index contributed by atoms with van der Waals surface area (Å²) in [5.41, 5.74) is 2.47. The van der Waals surface area contributed by atoms with Crippen LogP contribution in [0.25, 0.3) is 0 Å². The molecule has 0 unspecified atom stereocenters. The Labute approximate surface area is 113 Å². The Morgan fingerprint density at radius 2 is 1.84 bits per heavy atom. The molecule has 0 aromatic heterocycles. The minimum atomic E-state index is -0.891. The first-order chi connectivity index (χ1) is 9.20. The van der Waals surface area contributed by atoms with Gasteiger partial charge in [-0.3, -0.25) is 0 Å². The van der Waals surface area contributed by atoms with E-state index >= 15 is 0 Å². The summed E-state index contributed by atoms with van der Waals surface area (Å²) < 4.78 is 0. The van der Waals surface area contributed by atoms with Gasteiger partial charge in [0.25, 0.3) is 0 Å². The lowest BCUT2D eigenvalue weighted by Crippen LogP contribution is -2.22. The van der Waals surface area contributed by atoms with E-state index in [0.29, 0.717) is 5.56 Å². The van der Waals surface area contributed by atoms with Crippen molar-refractivity contribution in [2.75, 3.05) is 11.4 Å². The first-order valence-corrected chi connectivity index (χ1v) is 6.33. The van der Waals surface area contributed by atoms with Crippen molar-refractivity contribution in [2.45, 2.75) is 13.5 Å². The number of anilines is 1. The van der Waals surface area contributed by atoms with Gasteiger partial charge in [-0.1, -0.05) is 36.4 Å². The maximum absolute atomic E-state index is 11.0. The second-order valence-electron chi connectivity index (χ2n) is 4.36. The van der Waals surface area contributed by atoms with Gasteiger partial charge in [0, 0.05) is 18.8 Å². The average Bonchev–Trinajstić information content (AvgIpc) is 2.46. The Morgan fingerprint density at radius 1 is 1.11 bits per heavy atom. The molecule has 0 bridgehead atoms. The lowest BCUT2D eigenvalue weighted by Gasteiger charge is -2.23. The SMILES string of the molecule is CCN(Cc1ccccc1)c1cccc(C(=O)O)c1. The van der Waals surface area contributed by atoms with Gasteiger partial charge in [-0.15, -0.1) is 0 Å². The zero-order valence-corrected chi connectivity index (χ0v) is 10.9. The van der Waals surface area contributed by atoms with Gasteiger partial charge in [-0.05, 0) is 30.7 Å². The number of aromatic carboxylic acids is 1. The fourth-order valence-corrected chi connectivity index (χ4v) is 2.03. The summed E-state index contributed by atoms with van der Waals surface area (Å²) in [5, 5.41) is 9.03. The van der Waals surface area contributed by atoms with E-state index in [1.54, 1.807) is 18.2 Å². The predicted octanol–water partition coefficient (Wildman–Crippen LogP) is 3.41. The topological polar surface area (TPSA) is 40.5 Å². The third-order valence-electron chi connectivity index (χ3n) is 3.06. The number of hydrogen-bond donors (Lipinski definition) is 1. The van der Waals surface area contributed by atoms with Crippen LogP contribution in [0, 0.1) is 0 Å². The second-order valence-corrected chi connectivity index (χ2v) is 4.36. The first-order valence-electron chi connectivity index (χ1n) is 6.33. The summed E-state index contributed by atoms with van der Waals surface area (Å²) >= 11 is 0. The van der Waals surface area contributed by atoms with Gasteiger partial charge in [-0.25, -0.2) is 4.79 Å². The van der Waals surface area contributed by atoms with Gasteiger partial charge < -0.3 is 10.0 Å². The molecule has 1 N–H and O–H groups in total. The monoisotopic (exact) mass is 255 g/mol. The molecule has 0 spiro atoms. The third kappa shape index (κ3) is 3.35. The molecule has 2 aromatic rings. The number of nitrogens with zero attached hydrogens (tertiary/aromatic N) is 1. The van der Waals surface area contributed by atoms with Gasteiger partial charge in [0.15, 0.2) is 0 Å². The first kappa shape index (κ1) is 13.1. The van der Waals surface area contributed by atoms with Crippen molar-refractivity contribution in [3.63, 3.8) is 0 Å². The summed E-state index contributed by atoms with van der Waals surface area (Å²) in [6, 6.07) is 17.2. The van der Waals surface area contributed by atoms with Crippen LogP contribution >= 0.6 is 0 Å². The van der Waals surface area contributed by atoms with Crippen LogP contribution in [0.4, 0.5) is 5.69 Å². The Morgan fingerprint density at radius 3 is 2.47 bits per heavy atom. The summed E-state index contributed by atoms with van der Waals surface area (Å²) in [6.07, 6.45) is 0. The molecule has 0 aliphatic heterocycles. The van der Waals surface area contributed by atoms with E-state index in [4.69, 9.17) is 5.11 Å². The maximum Gasteiger partial charge on any atom is 0.335 e. The molecule has 2 aromatic carbocycles. The van der Waals surface area contributed by atoms with Crippen molar-refractivity contribution in [2.24, 2.45) is 0 Å². The molecule has 0 aliphatic rings. The Balaban J connectivity index is 2.22. The summed E-state index contributed by atoms with van der Waals surface area (Å²) in [5.74, 6) is -0.891. The zero-order chi connectivity index (χ0) is 13.7. The molecular formula is C16H17NO2. The van der Waals surface area contributed by atoms with Crippen LogP contribution in [0.1, 0.15) is 22.8 Å². The van der Waals surface area contributed by atoms with E-state index in [9.17, 15) is 4.79 Å². The lowest BCUT2D eigenvalue weighted by molar-refractivity contribution is 0.0697. The van der Waals surface area contributed by atoms with Crippen LogP contribution in [0.2, 0.25) is 0 Å². The normalized spacial score (nSPS) is 10.2. The van der Waals surface area contributed by atoms with Crippen LogP contribution in [-0.2, 0) is 6.54 Å². The average molecular weight is 255 g/mol. The predicted molar refractivity (Wildman–Crippen MR) is 76.6 cm³/mol. The number of hydrogen-bond acceptors (Lipinski definition) is 2. The van der Waals surface area contributed by atoms with Crippen molar-refractivity contribution < 1.29 is 9.90 Å². The molecule has 0 saturated heterocycles. The standard InChI is InChI=1S/C16H17NO2/c1-2-17(12-13-7-4-3-5-8-13)15-10-6-9-14(11-15)16(18)19/h3-11H,2,12H2,1H3,(H,18,19). The van der Waals surface area contributed by atoms with Gasteiger partial charge in [-0.2, -0.15) is 0 Å². The lowest BCUT2D eigenvalue weighted by atomic mass is 10.1. The van der Waals surface area contributed by atoms with Crippen LogP contribution in [0.15, 0.2) is 54.6 Å². The van der Waals surface area contributed by atoms with E-state index in [0.717, 1.165) is 18.8 Å². The van der Waals surface area contributed by atoms with Gasteiger partial charge in [0.1, 0.15) is 0 Å². The number of carbonyl (C=O) groups is 1. The number of benzene rings is 2. The molecule has 3 nitrogen and oxygen atoms in total. The summed E-state index contributed by atoms with van der Waals surface area (Å²) in [4.78, 5) is 13.2. The smallest absolute Gasteiger partial charge is 0.335 e. The molecule has 0 atom stereocenters. The van der Waals surface area contributed by atoms with Crippen molar-refractivity contribution >= 4 is 11.7 Å². The highest BCUT2D eigenvalue weighted by atomic mass is 16.4. The molecule has 0 heterocycles. The van der Waals surface area contributed by atoms with Crippen molar-refractivity contribution in [3.05, 3.63) is 65.7 Å². The summed E-state index contributed by atoms with van der Waals surface area (Å²) in [7, 11) is 0. The second kappa shape index (κ2) is 6.05. The maximum atomic E-state index is 11.0. The highest BCUT2D eigenvalue weighted by Gasteiger charge is 2.08. The van der Waals surface area contributed by atoms with Gasteiger partial charge in [0.05, 0.1) is 5.56 Å². The van der Waals surface area contributed by atoms with Crippen LogP contribution < -0.4 is 4.90 Å². The van der Waals surface area contributed by atoms with Crippen LogP contribution in [0.5, 0.6) is 0 Å². The molecule has 2 rings (SSSR count).